The van der Waals surface area contributed by atoms with Gasteiger partial charge in [-0.25, -0.2) is 0 Å². The van der Waals surface area contributed by atoms with E-state index in [-0.39, 0.29) is 0 Å². The van der Waals surface area contributed by atoms with Crippen LogP contribution in [0.4, 0.5) is 0 Å². The van der Waals surface area contributed by atoms with Gasteiger partial charge in [0.2, 0.25) is 0 Å². The number of hydrogen-bond donors (Lipinski definition) is 0. The Morgan fingerprint density at radius 2 is 1.05 bits per heavy atom. The van der Waals surface area contributed by atoms with Crippen LogP contribution in [0.2, 0.25) is 0 Å². The molecule has 0 spiro atoms. The predicted molar refractivity (Wildman–Crippen MR) is 71.7 cm³/mol. The molecule has 0 aromatic heterocycles. The van der Waals surface area contributed by atoms with E-state index >= 15 is 0 Å². The molecule has 2 rings (SSSR count). The fourth-order valence-corrected chi connectivity index (χ4v) is 0.923. The number of nitriles is 2. The maximum absolute atomic E-state index is 8.27. The van der Waals surface area contributed by atoms with Gasteiger partial charge in [-0.15, -0.1) is 0 Å². The SMILES string of the molecule is N#Cc1cc[c-]cc1.N#Cc1cc[c-]cc1.[Cl][Pt+2][Cl]. The molecule has 2 aromatic carbocycles. The quantitative estimate of drug-likeness (QED) is 0.545. The zero-order valence-corrected chi connectivity index (χ0v) is 13.4. The summed E-state index contributed by atoms with van der Waals surface area (Å²) in [5.74, 6) is 0. The van der Waals surface area contributed by atoms with Gasteiger partial charge in [-0.2, -0.15) is 71.2 Å². The van der Waals surface area contributed by atoms with E-state index < -0.39 is 16.5 Å². The average Bonchev–Trinajstić information content (AvgIpc) is 2.50. The van der Waals surface area contributed by atoms with Gasteiger partial charge < -0.3 is 0 Å². The average molecular weight is 470 g/mol. The third kappa shape index (κ3) is 10.3. The van der Waals surface area contributed by atoms with Gasteiger partial charge in [-0.05, 0) is 0 Å². The monoisotopic (exact) mass is 469 g/mol. The van der Waals surface area contributed by atoms with Gasteiger partial charge in [-0.3, -0.25) is 0 Å². The molecule has 0 aliphatic rings. The van der Waals surface area contributed by atoms with Gasteiger partial charge in [0.1, 0.15) is 0 Å². The van der Waals surface area contributed by atoms with Crippen molar-refractivity contribution in [3.8, 4) is 12.1 Å². The van der Waals surface area contributed by atoms with Gasteiger partial charge >= 0.3 is 35.3 Å². The molecule has 0 saturated heterocycles. The number of rotatable bonds is 0. The van der Waals surface area contributed by atoms with Crippen molar-refractivity contribution in [2.45, 2.75) is 0 Å². The third-order valence-corrected chi connectivity index (χ3v) is 1.69. The standard InChI is InChI=1S/2C7H4N.2ClH.Pt/c2*8-6-7-4-2-1-3-5-7;;;/h2*2-5H;2*1H;/q2*-1;;;+4/p-2. The minimum absolute atomic E-state index is 0.472. The van der Waals surface area contributed by atoms with Crippen LogP contribution in [0.1, 0.15) is 11.1 Å². The van der Waals surface area contributed by atoms with E-state index in [0.29, 0.717) is 11.1 Å². The second-order valence-corrected chi connectivity index (χ2v) is 6.13. The molecule has 98 valence electrons. The van der Waals surface area contributed by atoms with Gasteiger partial charge in [0, 0.05) is 0 Å². The molecule has 0 bridgehead atoms. The third-order valence-electron chi connectivity index (χ3n) is 1.69. The van der Waals surface area contributed by atoms with E-state index in [1.807, 2.05) is 12.1 Å². The summed E-state index contributed by atoms with van der Waals surface area (Å²) >= 11 is -0.472. The van der Waals surface area contributed by atoms with Gasteiger partial charge in [0.25, 0.3) is 0 Å². The summed E-state index contributed by atoms with van der Waals surface area (Å²) in [6.07, 6.45) is 0. The Bertz CT molecular complexity index is 469. The van der Waals surface area contributed by atoms with Crippen molar-refractivity contribution in [2.24, 2.45) is 0 Å². The molecule has 0 fully saturated rings. The van der Waals surface area contributed by atoms with Crippen LogP contribution in [0.15, 0.2) is 48.5 Å². The van der Waals surface area contributed by atoms with E-state index in [9.17, 15) is 0 Å². The van der Waals surface area contributed by atoms with Crippen molar-refractivity contribution in [3.63, 3.8) is 0 Å². The fraction of sp³-hybridized carbons (Fsp3) is 0. The molecule has 0 saturated carbocycles. The molecule has 19 heavy (non-hydrogen) atoms. The van der Waals surface area contributed by atoms with Crippen molar-refractivity contribution < 1.29 is 16.5 Å². The molecule has 5 heteroatoms. The van der Waals surface area contributed by atoms with E-state index in [1.54, 1.807) is 48.5 Å². The van der Waals surface area contributed by atoms with E-state index in [2.05, 4.69) is 12.1 Å². The molecule has 0 radical (unpaired) electrons. The van der Waals surface area contributed by atoms with Crippen LogP contribution in [0.5, 0.6) is 0 Å². The normalized spacial score (nSPS) is 7.79. The molecule has 2 aromatic rings. The summed E-state index contributed by atoms with van der Waals surface area (Å²) in [7, 11) is 9.75. The van der Waals surface area contributed by atoms with Crippen LogP contribution in [0, 0.1) is 34.8 Å². The molecule has 0 unspecified atom stereocenters. The molecule has 0 atom stereocenters. The summed E-state index contributed by atoms with van der Waals surface area (Å²) < 4.78 is 0. The molecule has 0 aliphatic heterocycles. The molecular weight excluding hydrogens is 462 g/mol. The molecule has 0 heterocycles. The summed E-state index contributed by atoms with van der Waals surface area (Å²) in [5.41, 5.74) is 1.37. The summed E-state index contributed by atoms with van der Waals surface area (Å²) in [6, 6.07) is 23.4. The van der Waals surface area contributed by atoms with Gasteiger partial charge in [0.05, 0.1) is 12.1 Å². The van der Waals surface area contributed by atoms with Crippen LogP contribution in [-0.4, -0.2) is 0 Å². The van der Waals surface area contributed by atoms with Gasteiger partial charge in [-0.1, -0.05) is 11.1 Å². The Balaban J connectivity index is 0.000000284. The van der Waals surface area contributed by atoms with Crippen molar-refractivity contribution in [1.82, 2.24) is 0 Å². The van der Waals surface area contributed by atoms with E-state index in [4.69, 9.17) is 29.4 Å². The van der Waals surface area contributed by atoms with E-state index in [0.717, 1.165) is 0 Å². The van der Waals surface area contributed by atoms with E-state index in [1.165, 1.54) is 0 Å². The molecule has 2 nitrogen and oxygen atoms in total. The summed E-state index contributed by atoms with van der Waals surface area (Å²) in [6.45, 7) is 0. The van der Waals surface area contributed by atoms with Crippen LogP contribution >= 0.6 is 18.8 Å². The molecule has 0 N–H and O–H groups in total. The van der Waals surface area contributed by atoms with Crippen LogP contribution in [0.25, 0.3) is 0 Å². The second-order valence-electron chi connectivity index (χ2n) is 2.85. The number of halogens is 2. The Kier molecular flexibility index (Phi) is 12.2. The topological polar surface area (TPSA) is 47.6 Å². The minimum atomic E-state index is -0.472. The number of hydrogen-bond acceptors (Lipinski definition) is 2. The first-order valence-electron chi connectivity index (χ1n) is 4.83. The summed E-state index contributed by atoms with van der Waals surface area (Å²) in [4.78, 5) is 0. The molecule has 0 amide bonds. The summed E-state index contributed by atoms with van der Waals surface area (Å²) in [5, 5.41) is 16.5. The van der Waals surface area contributed by atoms with Crippen molar-refractivity contribution >= 4 is 18.8 Å². The van der Waals surface area contributed by atoms with Crippen LogP contribution in [0.3, 0.4) is 0 Å². The first kappa shape index (κ1) is 17.7. The van der Waals surface area contributed by atoms with Crippen LogP contribution < -0.4 is 0 Å². The number of nitrogens with zero attached hydrogens (tertiary/aromatic N) is 2. The van der Waals surface area contributed by atoms with Crippen molar-refractivity contribution in [1.29, 1.82) is 10.5 Å². The fourth-order valence-electron chi connectivity index (χ4n) is 0.923. The van der Waals surface area contributed by atoms with Crippen LogP contribution in [-0.2, 0) is 16.5 Å². The Labute approximate surface area is 129 Å². The first-order valence-corrected chi connectivity index (χ1v) is 10.5. The Hall–Kier alpha value is -1.31. The van der Waals surface area contributed by atoms with Crippen molar-refractivity contribution in [3.05, 3.63) is 71.8 Å². The molecule has 0 aliphatic carbocycles. The molecular formula is C14H8Cl2N2Pt. The Morgan fingerprint density at radius 3 is 1.21 bits per heavy atom. The zero-order valence-electron chi connectivity index (χ0n) is 9.59. The second kappa shape index (κ2) is 13.1. The first-order chi connectivity index (χ1) is 9.28. The predicted octanol–water partition coefficient (Wildman–Crippen LogP) is 4.09. The Morgan fingerprint density at radius 1 is 0.789 bits per heavy atom. The van der Waals surface area contributed by atoms with Crippen molar-refractivity contribution in [2.75, 3.05) is 0 Å². The number of benzene rings is 2. The van der Waals surface area contributed by atoms with Gasteiger partial charge in [0.15, 0.2) is 0 Å². The zero-order chi connectivity index (χ0) is 14.3. The maximum atomic E-state index is 8.27.